The highest BCUT2D eigenvalue weighted by atomic mass is 32.3. The Bertz CT molecular complexity index is 258. The molecule has 0 amide bonds. The van der Waals surface area contributed by atoms with Gasteiger partial charge in [-0.3, -0.25) is 9.11 Å². The van der Waals surface area contributed by atoms with Crippen LogP contribution in [0.5, 0.6) is 0 Å². The lowest BCUT2D eigenvalue weighted by Gasteiger charge is -2.27. The maximum atomic E-state index is 9.23. The molecule has 0 spiro atoms. The van der Waals surface area contributed by atoms with Crippen molar-refractivity contribution in [3.8, 4) is 0 Å². The molecule has 1 atom stereocenters. The van der Waals surface area contributed by atoms with E-state index in [0.29, 0.717) is 0 Å². The Morgan fingerprint density at radius 2 is 1.77 bits per heavy atom. The first kappa shape index (κ1) is 10.5. The molecule has 74 valence electrons. The second-order valence-corrected chi connectivity index (χ2v) is 5.29. The quantitative estimate of drug-likeness (QED) is 0.697. The Hall–Kier alpha value is -0.550. The van der Waals surface area contributed by atoms with E-state index in [4.69, 9.17) is 0 Å². The molecule has 4 heteroatoms. The van der Waals surface area contributed by atoms with Crippen molar-refractivity contribution in [3.05, 3.63) is 35.9 Å². The van der Waals surface area contributed by atoms with Crippen LogP contribution in [0.15, 0.2) is 30.3 Å². The van der Waals surface area contributed by atoms with E-state index in [-0.39, 0.29) is 6.04 Å². The van der Waals surface area contributed by atoms with Gasteiger partial charge in [0.1, 0.15) is 6.04 Å². The van der Waals surface area contributed by atoms with Crippen molar-refractivity contribution in [1.82, 2.24) is 0 Å². The van der Waals surface area contributed by atoms with Crippen molar-refractivity contribution >= 4 is 10.8 Å². The van der Waals surface area contributed by atoms with Crippen LogP contribution in [-0.4, -0.2) is 15.4 Å². The van der Waals surface area contributed by atoms with Gasteiger partial charge in [-0.2, -0.15) is 0 Å². The summed E-state index contributed by atoms with van der Waals surface area (Å²) in [5, 5.41) is 0. The van der Waals surface area contributed by atoms with E-state index >= 15 is 0 Å². The summed E-state index contributed by atoms with van der Waals surface area (Å²) < 4.78 is 20.1. The molecule has 0 unspecified atom stereocenters. The lowest BCUT2D eigenvalue weighted by molar-refractivity contribution is -0.550. The zero-order valence-corrected chi connectivity index (χ0v) is 8.66. The van der Waals surface area contributed by atoms with Crippen molar-refractivity contribution in [3.63, 3.8) is 0 Å². The van der Waals surface area contributed by atoms with Crippen molar-refractivity contribution in [2.75, 3.05) is 6.26 Å². The molecule has 0 saturated carbocycles. The fraction of sp³-hybridized carbons (Fsp3) is 0.333. The number of hydrogen-bond acceptors (Lipinski definition) is 2. The first-order valence-electron chi connectivity index (χ1n) is 4.12. The lowest BCUT2D eigenvalue weighted by atomic mass is 10.1. The van der Waals surface area contributed by atoms with Crippen LogP contribution in [-0.2, 0) is 0 Å². The largest absolute Gasteiger partial charge is 0.259 e. The van der Waals surface area contributed by atoms with Gasteiger partial charge < -0.3 is 0 Å². The van der Waals surface area contributed by atoms with Gasteiger partial charge >= 0.3 is 0 Å². The third-order valence-electron chi connectivity index (χ3n) is 1.79. The predicted molar refractivity (Wildman–Crippen MR) is 55.6 cm³/mol. The molecule has 3 nitrogen and oxygen atoms in total. The summed E-state index contributed by atoms with van der Waals surface area (Å²) in [4.78, 5) is 0. The Morgan fingerprint density at radius 3 is 2.23 bits per heavy atom. The summed E-state index contributed by atoms with van der Waals surface area (Å²) in [6.07, 6.45) is 1.44. The van der Waals surface area contributed by atoms with Crippen molar-refractivity contribution in [2.45, 2.75) is 13.0 Å². The minimum Gasteiger partial charge on any atom is -0.259 e. The summed E-state index contributed by atoms with van der Waals surface area (Å²) in [5.74, 6) is 0. The molecule has 4 N–H and O–H groups in total. The standard InChI is InChI=1S/C9H15NO2S/c1-8(10-13(2,11)12)9-6-4-3-5-7-9/h3-8,10-12H,1-2H3/p+1/t8-/m1/s1. The van der Waals surface area contributed by atoms with Gasteiger partial charge in [0.15, 0.2) is 0 Å². The first-order chi connectivity index (χ1) is 5.99. The fourth-order valence-electron chi connectivity index (χ4n) is 1.22. The highest BCUT2D eigenvalue weighted by Gasteiger charge is 2.14. The smallest absolute Gasteiger partial charge is 0.130 e. The Kier molecular flexibility index (Phi) is 3.33. The Labute approximate surface area is 80.3 Å². The third kappa shape index (κ3) is 3.78. The maximum Gasteiger partial charge on any atom is 0.130 e. The molecule has 0 heterocycles. The van der Waals surface area contributed by atoms with Crippen LogP contribution in [0, 0.1) is 0 Å². The summed E-state index contributed by atoms with van der Waals surface area (Å²) in [6, 6.07) is 9.87. The molecule has 1 rings (SSSR count). The lowest BCUT2D eigenvalue weighted by Crippen LogP contribution is -2.83. The van der Waals surface area contributed by atoms with Crippen LogP contribution in [0.1, 0.15) is 18.5 Å². The number of nitrogens with two attached hydrogens (primary N) is 1. The van der Waals surface area contributed by atoms with E-state index in [0.717, 1.165) is 5.56 Å². The Balaban J connectivity index is 2.64. The minimum absolute atomic E-state index is 0.0798. The average molecular weight is 202 g/mol. The number of hydrogen-bond donors (Lipinski definition) is 3. The molecule has 1 aromatic carbocycles. The van der Waals surface area contributed by atoms with E-state index in [2.05, 4.69) is 0 Å². The van der Waals surface area contributed by atoms with Crippen LogP contribution >= 0.6 is 10.8 Å². The molecule has 0 aliphatic carbocycles. The van der Waals surface area contributed by atoms with Gasteiger partial charge in [0.25, 0.3) is 0 Å². The third-order valence-corrected chi connectivity index (χ3v) is 2.71. The second-order valence-electron chi connectivity index (χ2n) is 3.23. The van der Waals surface area contributed by atoms with E-state index in [1.54, 1.807) is 4.72 Å². The fourth-order valence-corrected chi connectivity index (χ4v) is 2.15. The number of quaternary nitrogens is 1. The monoisotopic (exact) mass is 202 g/mol. The van der Waals surface area contributed by atoms with E-state index in [1.807, 2.05) is 37.3 Å². The van der Waals surface area contributed by atoms with Gasteiger partial charge in [0, 0.05) is 5.56 Å². The van der Waals surface area contributed by atoms with Crippen LogP contribution in [0.4, 0.5) is 0 Å². The second kappa shape index (κ2) is 4.11. The topological polar surface area (TPSA) is 57.1 Å². The molecule has 0 fully saturated rings. The summed E-state index contributed by atoms with van der Waals surface area (Å²) in [6.45, 7) is 1.95. The van der Waals surface area contributed by atoms with Gasteiger partial charge in [-0.15, -0.1) is 0 Å². The van der Waals surface area contributed by atoms with Gasteiger partial charge in [-0.05, 0) is 6.92 Å². The van der Waals surface area contributed by atoms with Gasteiger partial charge in [0.05, 0.1) is 6.26 Å². The number of benzene rings is 1. The molecule has 0 aliphatic rings. The predicted octanol–water partition coefficient (Wildman–Crippen LogP) is 1.61. The highest BCUT2D eigenvalue weighted by Crippen LogP contribution is 2.21. The molecular weight excluding hydrogens is 186 g/mol. The van der Waals surface area contributed by atoms with Gasteiger partial charge in [-0.1, -0.05) is 41.1 Å². The molecule has 0 saturated heterocycles. The molecule has 13 heavy (non-hydrogen) atoms. The highest BCUT2D eigenvalue weighted by molar-refractivity contribution is 8.17. The van der Waals surface area contributed by atoms with Crippen LogP contribution in [0.25, 0.3) is 0 Å². The molecule has 0 aromatic heterocycles. The van der Waals surface area contributed by atoms with Gasteiger partial charge in [0.2, 0.25) is 0 Å². The van der Waals surface area contributed by atoms with Crippen molar-refractivity contribution < 1.29 is 13.8 Å². The van der Waals surface area contributed by atoms with E-state index in [9.17, 15) is 9.11 Å². The number of rotatable bonds is 3. The van der Waals surface area contributed by atoms with Crippen LogP contribution < -0.4 is 4.72 Å². The maximum absolute atomic E-state index is 9.23. The molecule has 0 aliphatic heterocycles. The van der Waals surface area contributed by atoms with Crippen LogP contribution in [0.2, 0.25) is 0 Å². The minimum atomic E-state index is -2.50. The summed E-state index contributed by atoms with van der Waals surface area (Å²) in [7, 11) is -2.50. The Morgan fingerprint density at radius 1 is 1.23 bits per heavy atom. The normalized spacial score (nSPS) is 15.4. The summed E-state index contributed by atoms with van der Waals surface area (Å²) >= 11 is 0. The molecular formula is C9H16NO2S+. The van der Waals surface area contributed by atoms with Crippen molar-refractivity contribution in [1.29, 1.82) is 0 Å². The van der Waals surface area contributed by atoms with Gasteiger partial charge in [-0.25, -0.2) is 4.72 Å². The SMILES string of the molecule is C[C@@H]([NH2+]S(C)(O)O)c1ccccc1. The first-order valence-corrected chi connectivity index (χ1v) is 6.14. The van der Waals surface area contributed by atoms with Crippen LogP contribution in [0.3, 0.4) is 0 Å². The molecule has 0 radical (unpaired) electrons. The zero-order chi connectivity index (χ0) is 9.90. The summed E-state index contributed by atoms with van der Waals surface area (Å²) in [5.41, 5.74) is 1.10. The van der Waals surface area contributed by atoms with E-state index < -0.39 is 10.8 Å². The molecule has 1 aromatic rings. The average Bonchev–Trinajstić information content (AvgIpc) is 2.03. The zero-order valence-electron chi connectivity index (χ0n) is 7.84. The van der Waals surface area contributed by atoms with Crippen molar-refractivity contribution in [2.24, 2.45) is 0 Å². The van der Waals surface area contributed by atoms with E-state index in [1.165, 1.54) is 6.26 Å². The molecule has 0 bridgehead atoms.